The summed E-state index contributed by atoms with van der Waals surface area (Å²) in [5.41, 5.74) is 4.04. The van der Waals surface area contributed by atoms with Crippen molar-refractivity contribution in [3.05, 3.63) is 47.8 Å². The summed E-state index contributed by atoms with van der Waals surface area (Å²) in [5.74, 6) is 0.807. The van der Waals surface area contributed by atoms with Crippen molar-refractivity contribution in [2.45, 2.75) is 38.8 Å². The van der Waals surface area contributed by atoms with Crippen LogP contribution in [-0.4, -0.2) is 9.78 Å². The number of nitrogens with one attached hydrogen (secondary N) is 1. The highest BCUT2D eigenvalue weighted by molar-refractivity contribution is 5.41. The van der Waals surface area contributed by atoms with Crippen LogP contribution in [0.25, 0.3) is 0 Å². The van der Waals surface area contributed by atoms with Crippen molar-refractivity contribution >= 4 is 5.69 Å². The molecule has 0 radical (unpaired) electrons. The third-order valence-corrected chi connectivity index (χ3v) is 3.51. The molecule has 1 saturated carbocycles. The van der Waals surface area contributed by atoms with E-state index in [1.165, 1.54) is 24.0 Å². The van der Waals surface area contributed by atoms with Crippen molar-refractivity contribution < 1.29 is 0 Å². The maximum Gasteiger partial charge on any atom is 0.0729 e. The zero-order chi connectivity index (χ0) is 12.4. The molecule has 94 valence electrons. The molecule has 18 heavy (non-hydrogen) atoms. The maximum absolute atomic E-state index is 4.27. The van der Waals surface area contributed by atoms with Gasteiger partial charge in [0.15, 0.2) is 0 Å². The van der Waals surface area contributed by atoms with Crippen molar-refractivity contribution in [2.75, 3.05) is 5.32 Å². The van der Waals surface area contributed by atoms with E-state index in [0.29, 0.717) is 0 Å². The number of rotatable bonds is 5. The van der Waals surface area contributed by atoms with Gasteiger partial charge in [0.05, 0.1) is 11.9 Å². The van der Waals surface area contributed by atoms with Crippen LogP contribution in [0.15, 0.2) is 36.7 Å². The molecular formula is C15H19N3. The number of aromatic nitrogens is 2. The van der Waals surface area contributed by atoms with Gasteiger partial charge in [-0.15, -0.1) is 0 Å². The molecule has 0 bridgehead atoms. The van der Waals surface area contributed by atoms with E-state index in [1.54, 1.807) is 0 Å². The Bertz CT molecular complexity index is 526. The quantitative estimate of drug-likeness (QED) is 0.869. The SMILES string of the molecule is CCn1cc(NCc2ccccc2C2CC2)cn1. The second-order valence-corrected chi connectivity index (χ2v) is 4.91. The highest BCUT2D eigenvalue weighted by Gasteiger charge is 2.25. The summed E-state index contributed by atoms with van der Waals surface area (Å²) in [6, 6.07) is 8.76. The molecule has 1 aliphatic rings. The minimum absolute atomic E-state index is 0.807. The van der Waals surface area contributed by atoms with Crippen LogP contribution < -0.4 is 5.32 Å². The monoisotopic (exact) mass is 241 g/mol. The molecular weight excluding hydrogens is 222 g/mol. The molecule has 0 amide bonds. The third-order valence-electron chi connectivity index (χ3n) is 3.51. The molecule has 0 spiro atoms. The molecule has 0 atom stereocenters. The first-order valence-corrected chi connectivity index (χ1v) is 6.71. The van der Waals surface area contributed by atoms with E-state index in [9.17, 15) is 0 Å². The van der Waals surface area contributed by atoms with Crippen LogP contribution in [0.1, 0.15) is 36.8 Å². The Morgan fingerprint density at radius 3 is 2.89 bits per heavy atom. The van der Waals surface area contributed by atoms with Crippen molar-refractivity contribution in [3.8, 4) is 0 Å². The van der Waals surface area contributed by atoms with Crippen LogP contribution >= 0.6 is 0 Å². The molecule has 3 rings (SSSR count). The molecule has 1 fully saturated rings. The first kappa shape index (κ1) is 11.3. The molecule has 1 N–H and O–H groups in total. The van der Waals surface area contributed by atoms with Gasteiger partial charge >= 0.3 is 0 Å². The normalized spacial score (nSPS) is 14.7. The fraction of sp³-hybridized carbons (Fsp3) is 0.400. The molecule has 1 aliphatic carbocycles. The molecule has 0 saturated heterocycles. The lowest BCUT2D eigenvalue weighted by Gasteiger charge is -2.09. The average Bonchev–Trinajstić information content (AvgIpc) is 3.16. The largest absolute Gasteiger partial charge is 0.378 e. The van der Waals surface area contributed by atoms with E-state index in [-0.39, 0.29) is 0 Å². The second-order valence-electron chi connectivity index (χ2n) is 4.91. The van der Waals surface area contributed by atoms with E-state index < -0.39 is 0 Å². The summed E-state index contributed by atoms with van der Waals surface area (Å²) in [5, 5.41) is 7.73. The number of benzene rings is 1. The molecule has 0 aliphatic heterocycles. The van der Waals surface area contributed by atoms with E-state index in [1.807, 2.05) is 10.9 Å². The molecule has 1 aromatic carbocycles. The Hall–Kier alpha value is -1.77. The summed E-state index contributed by atoms with van der Waals surface area (Å²) < 4.78 is 1.94. The molecule has 0 unspecified atom stereocenters. The standard InChI is InChI=1S/C15H19N3/c1-2-18-11-14(10-17-18)16-9-13-5-3-4-6-15(13)12-7-8-12/h3-6,10-12,16H,2,7-9H2,1H3. The van der Waals surface area contributed by atoms with Gasteiger partial charge in [0.25, 0.3) is 0 Å². The molecule has 1 aromatic heterocycles. The first-order valence-electron chi connectivity index (χ1n) is 6.71. The van der Waals surface area contributed by atoms with Crippen LogP contribution in [0.3, 0.4) is 0 Å². The van der Waals surface area contributed by atoms with Gasteiger partial charge in [-0.1, -0.05) is 24.3 Å². The maximum atomic E-state index is 4.27. The number of hydrogen-bond acceptors (Lipinski definition) is 2. The fourth-order valence-electron chi connectivity index (χ4n) is 2.31. The molecule has 1 heterocycles. The van der Waals surface area contributed by atoms with E-state index in [4.69, 9.17) is 0 Å². The van der Waals surface area contributed by atoms with Gasteiger partial charge in [-0.25, -0.2) is 0 Å². The Labute approximate surface area is 108 Å². The summed E-state index contributed by atoms with van der Waals surface area (Å²) in [6.45, 7) is 3.90. The highest BCUT2D eigenvalue weighted by atomic mass is 15.3. The molecule has 2 aromatic rings. The number of aryl methyl sites for hydroxylation is 1. The van der Waals surface area contributed by atoms with Crippen molar-refractivity contribution in [1.82, 2.24) is 9.78 Å². The second kappa shape index (κ2) is 4.84. The lowest BCUT2D eigenvalue weighted by atomic mass is 10.0. The minimum atomic E-state index is 0.807. The van der Waals surface area contributed by atoms with Gasteiger partial charge in [-0.05, 0) is 36.8 Å². The number of anilines is 1. The summed E-state index contributed by atoms with van der Waals surface area (Å²) in [7, 11) is 0. The van der Waals surface area contributed by atoms with Gasteiger partial charge in [-0.2, -0.15) is 5.10 Å². The van der Waals surface area contributed by atoms with Gasteiger partial charge in [-0.3, -0.25) is 4.68 Å². The lowest BCUT2D eigenvalue weighted by molar-refractivity contribution is 0.660. The average molecular weight is 241 g/mol. The van der Waals surface area contributed by atoms with Gasteiger partial charge in [0.1, 0.15) is 0 Å². The van der Waals surface area contributed by atoms with Gasteiger partial charge in [0.2, 0.25) is 0 Å². The van der Waals surface area contributed by atoms with Gasteiger partial charge in [0, 0.05) is 19.3 Å². The predicted molar refractivity (Wildman–Crippen MR) is 73.6 cm³/mol. The Morgan fingerprint density at radius 1 is 1.33 bits per heavy atom. The van der Waals surface area contributed by atoms with Crippen LogP contribution in [-0.2, 0) is 13.1 Å². The van der Waals surface area contributed by atoms with Crippen molar-refractivity contribution in [1.29, 1.82) is 0 Å². The predicted octanol–water partition coefficient (Wildman–Crippen LogP) is 3.39. The number of hydrogen-bond donors (Lipinski definition) is 1. The van der Waals surface area contributed by atoms with Crippen LogP contribution in [0, 0.1) is 0 Å². The first-order chi connectivity index (χ1) is 8.86. The molecule has 3 nitrogen and oxygen atoms in total. The minimum Gasteiger partial charge on any atom is -0.378 e. The van der Waals surface area contributed by atoms with Crippen LogP contribution in [0.4, 0.5) is 5.69 Å². The Balaban J connectivity index is 1.69. The fourth-order valence-corrected chi connectivity index (χ4v) is 2.31. The topological polar surface area (TPSA) is 29.9 Å². The summed E-state index contributed by atoms with van der Waals surface area (Å²) in [6.07, 6.45) is 6.65. The smallest absolute Gasteiger partial charge is 0.0729 e. The number of nitrogens with zero attached hydrogens (tertiary/aromatic N) is 2. The van der Waals surface area contributed by atoms with Crippen molar-refractivity contribution in [3.63, 3.8) is 0 Å². The Kier molecular flexibility index (Phi) is 3.05. The molecule has 3 heteroatoms. The van der Waals surface area contributed by atoms with Crippen LogP contribution in [0.2, 0.25) is 0 Å². The van der Waals surface area contributed by atoms with Gasteiger partial charge < -0.3 is 5.32 Å². The third kappa shape index (κ3) is 2.40. The zero-order valence-electron chi connectivity index (χ0n) is 10.8. The Morgan fingerprint density at radius 2 is 2.17 bits per heavy atom. The van der Waals surface area contributed by atoms with E-state index in [2.05, 4.69) is 47.8 Å². The highest BCUT2D eigenvalue weighted by Crippen LogP contribution is 2.41. The summed E-state index contributed by atoms with van der Waals surface area (Å²) >= 11 is 0. The van der Waals surface area contributed by atoms with E-state index in [0.717, 1.165) is 24.7 Å². The lowest BCUT2D eigenvalue weighted by Crippen LogP contribution is -2.01. The van der Waals surface area contributed by atoms with Crippen molar-refractivity contribution in [2.24, 2.45) is 0 Å². The van der Waals surface area contributed by atoms with E-state index >= 15 is 0 Å². The summed E-state index contributed by atoms with van der Waals surface area (Å²) in [4.78, 5) is 0. The zero-order valence-corrected chi connectivity index (χ0v) is 10.8. The van der Waals surface area contributed by atoms with Crippen LogP contribution in [0.5, 0.6) is 0 Å².